The average Bonchev–Trinajstić information content (AvgIpc) is 3.16. The maximum atomic E-state index is 9.68. The molecule has 1 heterocycles. The van der Waals surface area contributed by atoms with Crippen LogP contribution in [0.5, 0.6) is 11.5 Å². The van der Waals surface area contributed by atoms with Crippen molar-refractivity contribution in [2.75, 3.05) is 13.2 Å². The first-order chi connectivity index (χ1) is 14.2. The predicted molar refractivity (Wildman–Crippen MR) is 115 cm³/mol. The number of oxazole rings is 1. The molecule has 0 unspecified atom stereocenters. The molecule has 2 aromatic carbocycles. The molecule has 1 aromatic heterocycles. The number of hydrogen-bond acceptors (Lipinski definition) is 5. The Balaban J connectivity index is 2.08. The number of nitriles is 1. The summed E-state index contributed by atoms with van der Waals surface area (Å²) in [5, 5.41) is 9.68. The van der Waals surface area contributed by atoms with Crippen molar-refractivity contribution in [2.45, 2.75) is 13.3 Å². The van der Waals surface area contributed by atoms with Gasteiger partial charge >= 0.3 is 0 Å². The van der Waals surface area contributed by atoms with E-state index < -0.39 is 0 Å². The molecule has 0 spiro atoms. The number of para-hydroxylation sites is 2. The number of aromatic nitrogens is 1. The van der Waals surface area contributed by atoms with Gasteiger partial charge in [-0.15, -0.1) is 6.58 Å². The fourth-order valence-corrected chi connectivity index (χ4v) is 2.94. The minimum absolute atomic E-state index is 0.281. The lowest BCUT2D eigenvalue weighted by atomic mass is 10.0. The standard InChI is InChI=1S/C24H22N2O3/c1-4-9-18-13-17(15-22(27-6-3)23(18)28-12-5-2)14-19(16-25)24-26-20-10-7-8-11-21(20)29-24/h4-5,7-8,10-11,13-15H,1-2,6,9,12H2,3H3/b19-14+. The van der Waals surface area contributed by atoms with Crippen LogP contribution in [-0.4, -0.2) is 18.2 Å². The molecule has 0 aliphatic carbocycles. The van der Waals surface area contributed by atoms with E-state index in [2.05, 4.69) is 24.2 Å². The molecule has 0 aliphatic rings. The summed E-state index contributed by atoms with van der Waals surface area (Å²) in [6.07, 6.45) is 5.81. The first-order valence-electron chi connectivity index (χ1n) is 9.32. The fourth-order valence-electron chi connectivity index (χ4n) is 2.94. The SMILES string of the molecule is C=CCOc1c(CC=C)cc(/C=C(\C#N)c2nc3ccccc3o2)cc1OCC. The monoisotopic (exact) mass is 386 g/mol. The van der Waals surface area contributed by atoms with E-state index in [-0.39, 0.29) is 5.89 Å². The summed E-state index contributed by atoms with van der Waals surface area (Å²) in [7, 11) is 0. The van der Waals surface area contributed by atoms with Crippen LogP contribution in [0, 0.1) is 11.3 Å². The number of allylic oxidation sites excluding steroid dienone is 2. The Morgan fingerprint density at radius 1 is 1.21 bits per heavy atom. The number of benzene rings is 2. The van der Waals surface area contributed by atoms with Gasteiger partial charge in [0.15, 0.2) is 17.1 Å². The summed E-state index contributed by atoms with van der Waals surface area (Å²) in [5.74, 6) is 1.54. The number of fused-ring (bicyclic) bond motifs is 1. The largest absolute Gasteiger partial charge is 0.490 e. The maximum Gasteiger partial charge on any atom is 0.238 e. The number of ether oxygens (including phenoxy) is 2. The Hall–Kier alpha value is -3.78. The van der Waals surface area contributed by atoms with Gasteiger partial charge in [-0.2, -0.15) is 5.26 Å². The molecule has 3 aromatic rings. The van der Waals surface area contributed by atoms with Gasteiger partial charge in [-0.3, -0.25) is 0 Å². The molecule has 5 nitrogen and oxygen atoms in total. The van der Waals surface area contributed by atoms with Crippen LogP contribution in [0.3, 0.4) is 0 Å². The molecular formula is C24H22N2O3. The van der Waals surface area contributed by atoms with Gasteiger partial charge in [-0.25, -0.2) is 4.98 Å². The van der Waals surface area contributed by atoms with Crippen molar-refractivity contribution in [3.63, 3.8) is 0 Å². The van der Waals surface area contributed by atoms with Gasteiger partial charge in [-0.1, -0.05) is 30.9 Å². The van der Waals surface area contributed by atoms with Crippen molar-refractivity contribution in [3.8, 4) is 17.6 Å². The summed E-state index contributed by atoms with van der Waals surface area (Å²) in [5.41, 5.74) is 3.37. The zero-order valence-corrected chi connectivity index (χ0v) is 16.4. The zero-order chi connectivity index (χ0) is 20.6. The Morgan fingerprint density at radius 3 is 2.72 bits per heavy atom. The summed E-state index contributed by atoms with van der Waals surface area (Å²) in [6.45, 7) is 10.3. The molecule has 0 atom stereocenters. The highest BCUT2D eigenvalue weighted by atomic mass is 16.5. The van der Waals surface area contributed by atoms with Crippen molar-refractivity contribution < 1.29 is 13.9 Å². The highest BCUT2D eigenvalue weighted by Crippen LogP contribution is 2.35. The molecule has 0 saturated carbocycles. The molecule has 0 aliphatic heterocycles. The maximum absolute atomic E-state index is 9.68. The Bertz CT molecular complexity index is 1070. The average molecular weight is 386 g/mol. The van der Waals surface area contributed by atoms with Gasteiger partial charge < -0.3 is 13.9 Å². The molecular weight excluding hydrogens is 364 g/mol. The van der Waals surface area contributed by atoms with Crippen molar-refractivity contribution in [1.29, 1.82) is 5.26 Å². The molecule has 5 heteroatoms. The Labute approximate surface area is 170 Å². The van der Waals surface area contributed by atoms with Crippen molar-refractivity contribution in [1.82, 2.24) is 4.98 Å². The fraction of sp³-hybridized carbons (Fsp3) is 0.167. The second-order valence-electron chi connectivity index (χ2n) is 6.19. The summed E-state index contributed by atoms with van der Waals surface area (Å²) in [4.78, 5) is 4.41. The molecule has 0 bridgehead atoms. The second-order valence-corrected chi connectivity index (χ2v) is 6.19. The Morgan fingerprint density at radius 2 is 2.03 bits per heavy atom. The number of hydrogen-bond donors (Lipinski definition) is 0. The van der Waals surface area contributed by atoms with Crippen LogP contribution in [0.1, 0.15) is 23.9 Å². The van der Waals surface area contributed by atoms with Crippen LogP contribution in [0.4, 0.5) is 0 Å². The van der Waals surface area contributed by atoms with E-state index in [9.17, 15) is 5.26 Å². The Kier molecular flexibility index (Phi) is 6.49. The highest BCUT2D eigenvalue weighted by molar-refractivity contribution is 5.89. The molecule has 3 rings (SSSR count). The summed E-state index contributed by atoms with van der Waals surface area (Å²) >= 11 is 0. The summed E-state index contributed by atoms with van der Waals surface area (Å²) < 4.78 is 17.4. The third kappa shape index (κ3) is 4.56. The second kappa shape index (κ2) is 9.43. The third-order valence-corrected chi connectivity index (χ3v) is 4.12. The lowest BCUT2D eigenvalue weighted by molar-refractivity contribution is 0.295. The van der Waals surface area contributed by atoms with Crippen molar-refractivity contribution in [3.05, 3.63) is 78.7 Å². The lowest BCUT2D eigenvalue weighted by Gasteiger charge is -2.16. The van der Waals surface area contributed by atoms with E-state index in [1.165, 1.54) is 0 Å². The van der Waals surface area contributed by atoms with Crippen molar-refractivity contribution in [2.24, 2.45) is 0 Å². The van der Waals surface area contributed by atoms with Gasteiger partial charge in [0, 0.05) is 5.56 Å². The minimum atomic E-state index is 0.281. The highest BCUT2D eigenvalue weighted by Gasteiger charge is 2.15. The van der Waals surface area contributed by atoms with Crippen LogP contribution in [0.2, 0.25) is 0 Å². The smallest absolute Gasteiger partial charge is 0.238 e. The van der Waals surface area contributed by atoms with Crippen LogP contribution in [0.15, 0.2) is 66.1 Å². The predicted octanol–water partition coefficient (Wildman–Crippen LogP) is 5.58. The van der Waals surface area contributed by atoms with Crippen LogP contribution in [-0.2, 0) is 6.42 Å². The van der Waals surface area contributed by atoms with Gasteiger partial charge in [0.1, 0.15) is 23.8 Å². The van der Waals surface area contributed by atoms with Crippen molar-refractivity contribution >= 4 is 22.7 Å². The van der Waals surface area contributed by atoms with Gasteiger partial charge in [0.25, 0.3) is 0 Å². The lowest BCUT2D eigenvalue weighted by Crippen LogP contribution is -2.03. The quantitative estimate of drug-likeness (QED) is 0.354. The van der Waals surface area contributed by atoms with Gasteiger partial charge in [-0.05, 0) is 49.2 Å². The van der Waals surface area contributed by atoms with Gasteiger partial charge in [0.05, 0.1) is 6.61 Å². The molecule has 0 radical (unpaired) electrons. The number of rotatable bonds is 9. The van der Waals surface area contributed by atoms with E-state index in [0.717, 1.165) is 11.1 Å². The summed E-state index contributed by atoms with van der Waals surface area (Å²) in [6, 6.07) is 13.4. The molecule has 0 fully saturated rings. The van der Waals surface area contributed by atoms with E-state index in [1.54, 1.807) is 18.2 Å². The first-order valence-corrected chi connectivity index (χ1v) is 9.32. The normalized spacial score (nSPS) is 11.1. The molecule has 0 N–H and O–H groups in total. The molecule has 29 heavy (non-hydrogen) atoms. The van der Waals surface area contributed by atoms with E-state index >= 15 is 0 Å². The molecule has 0 saturated heterocycles. The van der Waals surface area contributed by atoms with E-state index in [1.807, 2.05) is 43.3 Å². The van der Waals surface area contributed by atoms with Crippen LogP contribution >= 0.6 is 0 Å². The third-order valence-electron chi connectivity index (χ3n) is 4.12. The van der Waals surface area contributed by atoms with E-state index in [4.69, 9.17) is 13.9 Å². The topological polar surface area (TPSA) is 68.3 Å². The first kappa shape index (κ1) is 20.0. The van der Waals surface area contributed by atoms with Gasteiger partial charge in [0.2, 0.25) is 5.89 Å². The minimum Gasteiger partial charge on any atom is -0.490 e. The zero-order valence-electron chi connectivity index (χ0n) is 16.4. The number of nitrogens with zero attached hydrogens (tertiary/aromatic N) is 2. The van der Waals surface area contributed by atoms with E-state index in [0.29, 0.717) is 47.8 Å². The van der Waals surface area contributed by atoms with Crippen LogP contribution < -0.4 is 9.47 Å². The van der Waals surface area contributed by atoms with Crippen LogP contribution in [0.25, 0.3) is 22.7 Å². The molecule has 146 valence electrons. The molecule has 0 amide bonds.